The number of nitrogens with one attached hydrogen (secondary N) is 1. The minimum absolute atomic E-state index is 0.0585. The van der Waals surface area contributed by atoms with Crippen molar-refractivity contribution in [2.75, 3.05) is 19.2 Å². The van der Waals surface area contributed by atoms with E-state index < -0.39 is 0 Å². The number of thiocarbonyl (C=S) groups is 1. The Labute approximate surface area is 253 Å². The highest BCUT2D eigenvalue weighted by Crippen LogP contribution is 2.38. The second kappa shape index (κ2) is 12.7. The van der Waals surface area contributed by atoms with Crippen molar-refractivity contribution in [2.24, 2.45) is 0 Å². The smallest absolute Gasteiger partial charge is 0.270 e. The summed E-state index contributed by atoms with van der Waals surface area (Å²) in [6.45, 7) is 5.08. The van der Waals surface area contributed by atoms with Gasteiger partial charge >= 0.3 is 0 Å². The predicted octanol–water partition coefficient (Wildman–Crippen LogP) is 5.58. The first kappa shape index (κ1) is 29.2. The lowest BCUT2D eigenvalue weighted by Crippen LogP contribution is -2.28. The fourth-order valence-corrected chi connectivity index (χ4v) is 6.04. The number of ether oxygens (including phenoxy) is 3. The van der Waals surface area contributed by atoms with Crippen LogP contribution in [0.2, 0.25) is 0 Å². The van der Waals surface area contributed by atoms with E-state index in [1.807, 2.05) is 49.4 Å². The van der Waals surface area contributed by atoms with E-state index >= 15 is 0 Å². The van der Waals surface area contributed by atoms with E-state index in [4.69, 9.17) is 26.4 Å². The van der Waals surface area contributed by atoms with Gasteiger partial charge in [-0.1, -0.05) is 55.5 Å². The van der Waals surface area contributed by atoms with Crippen molar-refractivity contribution in [1.82, 2.24) is 9.47 Å². The number of rotatable bonds is 10. The Morgan fingerprint density at radius 1 is 1.14 bits per heavy atom. The lowest BCUT2D eigenvalue weighted by Gasteiger charge is -2.20. The Morgan fingerprint density at radius 2 is 1.88 bits per heavy atom. The van der Waals surface area contributed by atoms with Crippen LogP contribution in [0.5, 0.6) is 17.2 Å². The summed E-state index contributed by atoms with van der Waals surface area (Å²) in [7, 11) is 1.61. The van der Waals surface area contributed by atoms with Crippen molar-refractivity contribution in [3.8, 4) is 23.3 Å². The molecule has 11 heteroatoms. The number of pyridine rings is 1. The van der Waals surface area contributed by atoms with Crippen molar-refractivity contribution in [2.45, 2.75) is 46.3 Å². The lowest BCUT2D eigenvalue weighted by molar-refractivity contribution is -0.122. The lowest BCUT2D eigenvalue weighted by atomic mass is 10.0. The largest absolute Gasteiger partial charge is 0.497 e. The number of aromatic nitrogens is 1. The molecule has 0 radical (unpaired) electrons. The number of anilines is 1. The SMILES string of the molecule is CCCCn1c(NCc2ccc(OC)cc2)c(/C=C2/SC(=S)N(Cc3ccc4c(c3)OCO4)C2=O)c(C)c(C#N)c1=O. The molecular weight excluding hydrogens is 572 g/mol. The quantitative estimate of drug-likeness (QED) is 0.235. The molecule has 3 aromatic rings. The Bertz CT molecular complexity index is 1670. The van der Waals surface area contributed by atoms with E-state index in [0.29, 0.717) is 50.8 Å². The number of unbranched alkanes of at least 4 members (excludes halogenated alkanes) is 1. The van der Waals surface area contributed by atoms with Crippen molar-refractivity contribution in [3.05, 3.63) is 85.5 Å². The van der Waals surface area contributed by atoms with Gasteiger partial charge in [-0.05, 0) is 60.4 Å². The maximum Gasteiger partial charge on any atom is 0.270 e. The van der Waals surface area contributed by atoms with Gasteiger partial charge in [0.25, 0.3) is 11.5 Å². The number of hydrogen-bond acceptors (Lipinski definition) is 9. The zero-order chi connectivity index (χ0) is 29.8. The minimum Gasteiger partial charge on any atom is -0.497 e. The van der Waals surface area contributed by atoms with Crippen LogP contribution in [0.4, 0.5) is 5.82 Å². The molecule has 3 heterocycles. The summed E-state index contributed by atoms with van der Waals surface area (Å²) in [6, 6.07) is 15.3. The van der Waals surface area contributed by atoms with Gasteiger partial charge in [-0.3, -0.25) is 19.1 Å². The van der Waals surface area contributed by atoms with Crippen LogP contribution in [-0.4, -0.2) is 33.6 Å². The summed E-state index contributed by atoms with van der Waals surface area (Å²) in [6.07, 6.45) is 3.36. The van der Waals surface area contributed by atoms with E-state index in [1.165, 1.54) is 11.8 Å². The van der Waals surface area contributed by atoms with Gasteiger partial charge in [0.2, 0.25) is 6.79 Å². The van der Waals surface area contributed by atoms with Gasteiger partial charge in [0, 0.05) is 18.7 Å². The third-order valence-electron chi connectivity index (χ3n) is 7.16. The molecule has 5 rings (SSSR count). The van der Waals surface area contributed by atoms with Gasteiger partial charge in [-0.15, -0.1) is 0 Å². The van der Waals surface area contributed by atoms with Gasteiger partial charge < -0.3 is 19.5 Å². The Balaban J connectivity index is 1.51. The molecule has 0 atom stereocenters. The summed E-state index contributed by atoms with van der Waals surface area (Å²) in [5, 5.41) is 13.3. The molecule has 0 aliphatic carbocycles. The predicted molar refractivity (Wildman–Crippen MR) is 167 cm³/mol. The molecule has 1 amide bonds. The number of amides is 1. The summed E-state index contributed by atoms with van der Waals surface area (Å²) < 4.78 is 18.2. The van der Waals surface area contributed by atoms with Gasteiger partial charge in [0.05, 0.1) is 18.6 Å². The highest BCUT2D eigenvalue weighted by molar-refractivity contribution is 8.26. The Morgan fingerprint density at radius 3 is 2.60 bits per heavy atom. The van der Waals surface area contributed by atoms with Crippen LogP contribution in [0.1, 0.15) is 47.6 Å². The van der Waals surface area contributed by atoms with Gasteiger partial charge in [0.15, 0.2) is 11.5 Å². The number of benzene rings is 2. The topological polar surface area (TPSA) is 106 Å². The fourth-order valence-electron chi connectivity index (χ4n) is 4.80. The first-order chi connectivity index (χ1) is 20.3. The fraction of sp³-hybridized carbons (Fsp3) is 0.290. The van der Waals surface area contributed by atoms with Crippen molar-refractivity contribution >= 4 is 46.1 Å². The van der Waals surface area contributed by atoms with Crippen LogP contribution in [0.15, 0.2) is 52.2 Å². The van der Waals surface area contributed by atoms with E-state index in [9.17, 15) is 14.9 Å². The number of carbonyl (C=O) groups excluding carboxylic acids is 1. The number of hydrogen-bond donors (Lipinski definition) is 1. The second-order valence-corrected chi connectivity index (χ2v) is 11.5. The average Bonchev–Trinajstić information content (AvgIpc) is 3.57. The standard InChI is InChI=1S/C31H30N4O5S2/c1-4-5-12-34-28(33-16-20-6-9-22(38-3)10-7-20)23(19(2)24(15-32)29(34)36)14-27-30(37)35(31(41)42-27)17-21-8-11-25-26(13-21)40-18-39-25/h6-11,13-14,33H,4-5,12,16-18H2,1-3H3/b27-14+. The van der Waals surface area contributed by atoms with Crippen LogP contribution >= 0.6 is 24.0 Å². The third-order valence-corrected chi connectivity index (χ3v) is 8.53. The van der Waals surface area contributed by atoms with Gasteiger partial charge in [-0.2, -0.15) is 5.26 Å². The highest BCUT2D eigenvalue weighted by atomic mass is 32.2. The molecule has 1 N–H and O–H groups in total. The van der Waals surface area contributed by atoms with Crippen LogP contribution in [0, 0.1) is 18.3 Å². The van der Waals surface area contributed by atoms with Crippen LogP contribution < -0.4 is 25.1 Å². The van der Waals surface area contributed by atoms with Crippen molar-refractivity contribution in [3.63, 3.8) is 0 Å². The zero-order valence-electron chi connectivity index (χ0n) is 23.6. The number of thioether (sulfide) groups is 1. The van der Waals surface area contributed by atoms with E-state index in [2.05, 4.69) is 11.4 Å². The monoisotopic (exact) mass is 602 g/mol. The molecule has 0 saturated carbocycles. The summed E-state index contributed by atoms with van der Waals surface area (Å²) in [5.74, 6) is 2.36. The average molecular weight is 603 g/mol. The Kier molecular flexibility index (Phi) is 8.85. The van der Waals surface area contributed by atoms with E-state index in [0.717, 1.165) is 29.7 Å². The highest BCUT2D eigenvalue weighted by Gasteiger charge is 2.33. The second-order valence-electron chi connectivity index (χ2n) is 9.84. The molecule has 2 aromatic carbocycles. The number of nitriles is 1. The normalized spacial score (nSPS) is 14.9. The third kappa shape index (κ3) is 5.86. The van der Waals surface area contributed by atoms with Crippen LogP contribution in [0.25, 0.3) is 6.08 Å². The van der Waals surface area contributed by atoms with E-state index in [1.54, 1.807) is 29.6 Å². The number of fused-ring (bicyclic) bond motifs is 1. The Hall–Kier alpha value is -4.27. The van der Waals surface area contributed by atoms with E-state index in [-0.39, 0.29) is 30.4 Å². The van der Waals surface area contributed by atoms with Crippen LogP contribution in [0.3, 0.4) is 0 Å². The molecule has 1 saturated heterocycles. The molecule has 9 nitrogen and oxygen atoms in total. The molecule has 0 bridgehead atoms. The molecule has 1 aromatic heterocycles. The summed E-state index contributed by atoms with van der Waals surface area (Å²) in [5.41, 5.74) is 2.66. The van der Waals surface area contributed by atoms with Crippen molar-refractivity contribution < 1.29 is 19.0 Å². The number of carbonyl (C=O) groups is 1. The number of nitrogens with zero attached hydrogens (tertiary/aromatic N) is 3. The van der Waals surface area contributed by atoms with Gasteiger partial charge in [0.1, 0.15) is 27.5 Å². The summed E-state index contributed by atoms with van der Waals surface area (Å²) >= 11 is 6.80. The maximum absolute atomic E-state index is 13.6. The maximum atomic E-state index is 13.6. The molecule has 2 aliphatic rings. The van der Waals surface area contributed by atoms with Crippen molar-refractivity contribution in [1.29, 1.82) is 5.26 Å². The molecule has 2 aliphatic heterocycles. The number of methoxy groups -OCH3 is 1. The molecule has 1 fully saturated rings. The molecule has 42 heavy (non-hydrogen) atoms. The van der Waals surface area contributed by atoms with Crippen LogP contribution in [-0.2, 0) is 24.4 Å². The first-order valence-corrected chi connectivity index (χ1v) is 14.7. The molecule has 0 spiro atoms. The first-order valence-electron chi connectivity index (χ1n) is 13.5. The van der Waals surface area contributed by atoms with Gasteiger partial charge in [-0.25, -0.2) is 0 Å². The zero-order valence-corrected chi connectivity index (χ0v) is 25.2. The molecule has 0 unspecified atom stereocenters. The summed E-state index contributed by atoms with van der Waals surface area (Å²) in [4.78, 5) is 29.0. The molecular formula is C31H30N4O5S2. The molecule has 216 valence electrons. The minimum atomic E-state index is -0.354.